The number of rotatable bonds is 5. The van der Waals surface area contributed by atoms with Crippen LogP contribution in [0.2, 0.25) is 0 Å². The number of aromatic nitrogens is 2. The molecule has 2 aromatic rings. The number of nitrogens with one attached hydrogen (secondary N) is 2. The van der Waals surface area contributed by atoms with E-state index in [9.17, 15) is 4.79 Å². The average Bonchev–Trinajstić information content (AvgIpc) is 3.19. The molecule has 1 fully saturated rings. The Morgan fingerprint density at radius 3 is 2.90 bits per heavy atom. The molecule has 110 valence electrons. The van der Waals surface area contributed by atoms with Gasteiger partial charge in [0.2, 0.25) is 5.91 Å². The molecule has 1 aliphatic rings. The van der Waals surface area contributed by atoms with E-state index in [-0.39, 0.29) is 11.8 Å². The fraction of sp³-hybridized carbons (Fsp3) is 0.375. The van der Waals surface area contributed by atoms with Gasteiger partial charge in [0, 0.05) is 25.5 Å². The zero-order valence-electron chi connectivity index (χ0n) is 12.0. The first kappa shape index (κ1) is 13.8. The van der Waals surface area contributed by atoms with Gasteiger partial charge in [-0.15, -0.1) is 0 Å². The molecule has 1 aromatic carbocycles. The number of amides is 1. The minimum Gasteiger partial charge on any atom is -0.352 e. The van der Waals surface area contributed by atoms with E-state index < -0.39 is 0 Å². The Bertz CT molecular complexity index is 588. The predicted molar refractivity (Wildman–Crippen MR) is 80.6 cm³/mol. The fourth-order valence-corrected chi connectivity index (χ4v) is 2.66. The zero-order chi connectivity index (χ0) is 14.5. The molecule has 0 radical (unpaired) electrons. The number of carbonyl (C=O) groups is 1. The summed E-state index contributed by atoms with van der Waals surface area (Å²) in [5.41, 5.74) is 2.33. The summed E-state index contributed by atoms with van der Waals surface area (Å²) in [4.78, 5) is 12.1. The van der Waals surface area contributed by atoms with Crippen LogP contribution in [0.3, 0.4) is 0 Å². The highest BCUT2D eigenvalue weighted by Crippen LogP contribution is 2.12. The normalized spacial score (nSPS) is 17.8. The molecule has 0 aliphatic carbocycles. The third kappa shape index (κ3) is 3.49. The minimum atomic E-state index is 0.114. The van der Waals surface area contributed by atoms with Crippen LogP contribution in [0.1, 0.15) is 17.5 Å². The number of carbonyl (C=O) groups excluding carboxylic acids is 1. The number of hydrogen-bond donors (Lipinski definition) is 2. The van der Waals surface area contributed by atoms with Crippen LogP contribution in [0.5, 0.6) is 0 Å². The number of nitrogens with zero attached hydrogens (tertiary/aromatic N) is 2. The van der Waals surface area contributed by atoms with E-state index in [0.29, 0.717) is 6.54 Å². The highest BCUT2D eigenvalue weighted by molar-refractivity contribution is 5.79. The Hall–Kier alpha value is -2.14. The quantitative estimate of drug-likeness (QED) is 0.866. The molecule has 1 aliphatic heterocycles. The second-order valence-electron chi connectivity index (χ2n) is 5.38. The van der Waals surface area contributed by atoms with Gasteiger partial charge in [0.25, 0.3) is 0 Å². The average molecular weight is 284 g/mol. The lowest BCUT2D eigenvalue weighted by Gasteiger charge is -2.13. The lowest BCUT2D eigenvalue weighted by atomic mass is 10.1. The third-order valence-corrected chi connectivity index (χ3v) is 3.89. The summed E-state index contributed by atoms with van der Waals surface area (Å²) in [6.07, 6.45) is 4.65. The highest BCUT2D eigenvalue weighted by atomic mass is 16.1. The molecule has 21 heavy (non-hydrogen) atoms. The van der Waals surface area contributed by atoms with E-state index >= 15 is 0 Å². The lowest BCUT2D eigenvalue weighted by molar-refractivity contribution is -0.124. The van der Waals surface area contributed by atoms with Crippen LogP contribution in [0.4, 0.5) is 0 Å². The Morgan fingerprint density at radius 2 is 2.19 bits per heavy atom. The summed E-state index contributed by atoms with van der Waals surface area (Å²) < 4.78 is 1.89. The zero-order valence-corrected chi connectivity index (χ0v) is 12.0. The molecule has 2 heterocycles. The first-order valence-corrected chi connectivity index (χ1v) is 7.35. The first-order chi connectivity index (χ1) is 10.3. The second kappa shape index (κ2) is 6.54. The van der Waals surface area contributed by atoms with Gasteiger partial charge in [-0.05, 0) is 30.2 Å². The van der Waals surface area contributed by atoms with Gasteiger partial charge >= 0.3 is 0 Å². The van der Waals surface area contributed by atoms with Gasteiger partial charge in [0.15, 0.2) is 0 Å². The minimum absolute atomic E-state index is 0.114. The maximum absolute atomic E-state index is 12.1. The molecule has 1 unspecified atom stereocenters. The first-order valence-electron chi connectivity index (χ1n) is 7.35. The fourth-order valence-electron chi connectivity index (χ4n) is 2.66. The lowest BCUT2D eigenvalue weighted by Crippen LogP contribution is -2.31. The molecule has 1 amide bonds. The van der Waals surface area contributed by atoms with E-state index in [1.807, 2.05) is 29.1 Å². The molecule has 5 nitrogen and oxygen atoms in total. The summed E-state index contributed by atoms with van der Waals surface area (Å²) in [7, 11) is 0. The Morgan fingerprint density at radius 1 is 1.33 bits per heavy atom. The van der Waals surface area contributed by atoms with Crippen molar-refractivity contribution in [2.24, 2.45) is 5.92 Å². The number of benzene rings is 1. The van der Waals surface area contributed by atoms with Crippen LogP contribution in [-0.2, 0) is 17.9 Å². The topological polar surface area (TPSA) is 59.0 Å². The van der Waals surface area contributed by atoms with Crippen LogP contribution in [0.25, 0.3) is 0 Å². The molecule has 3 rings (SSSR count). The van der Waals surface area contributed by atoms with Crippen LogP contribution in [0, 0.1) is 5.92 Å². The van der Waals surface area contributed by atoms with E-state index in [1.165, 1.54) is 5.56 Å². The van der Waals surface area contributed by atoms with Crippen molar-refractivity contribution >= 4 is 5.91 Å². The van der Waals surface area contributed by atoms with Crippen molar-refractivity contribution in [3.8, 4) is 0 Å². The predicted octanol–water partition coefficient (Wildman–Crippen LogP) is 1.16. The second-order valence-corrected chi connectivity index (χ2v) is 5.38. The SMILES string of the molecule is O=C(NCc1ccccc1Cn1cccn1)C1CCNC1. The summed E-state index contributed by atoms with van der Waals surface area (Å²) >= 11 is 0. The molecule has 2 N–H and O–H groups in total. The maximum Gasteiger partial charge on any atom is 0.224 e. The Balaban J connectivity index is 1.63. The summed E-state index contributed by atoms with van der Waals surface area (Å²) in [6, 6.07) is 10.1. The van der Waals surface area contributed by atoms with Gasteiger partial charge in [0.05, 0.1) is 12.5 Å². The van der Waals surface area contributed by atoms with Gasteiger partial charge in [-0.25, -0.2) is 0 Å². The van der Waals surface area contributed by atoms with Crippen LogP contribution in [0.15, 0.2) is 42.7 Å². The molecule has 5 heteroatoms. The van der Waals surface area contributed by atoms with Gasteiger partial charge < -0.3 is 10.6 Å². The molecule has 0 bridgehead atoms. The van der Waals surface area contributed by atoms with Gasteiger partial charge in [-0.3, -0.25) is 9.48 Å². The maximum atomic E-state index is 12.1. The molecule has 1 atom stereocenters. The van der Waals surface area contributed by atoms with Crippen molar-refractivity contribution in [2.75, 3.05) is 13.1 Å². The summed E-state index contributed by atoms with van der Waals surface area (Å²) in [5.74, 6) is 0.261. The van der Waals surface area contributed by atoms with Crippen molar-refractivity contribution in [3.05, 3.63) is 53.9 Å². The smallest absolute Gasteiger partial charge is 0.224 e. The highest BCUT2D eigenvalue weighted by Gasteiger charge is 2.21. The van der Waals surface area contributed by atoms with Crippen molar-refractivity contribution in [3.63, 3.8) is 0 Å². The van der Waals surface area contributed by atoms with Gasteiger partial charge in [-0.2, -0.15) is 5.10 Å². The van der Waals surface area contributed by atoms with E-state index in [1.54, 1.807) is 6.20 Å². The summed E-state index contributed by atoms with van der Waals surface area (Å²) in [5, 5.41) is 10.5. The monoisotopic (exact) mass is 284 g/mol. The molecular weight excluding hydrogens is 264 g/mol. The molecule has 0 spiro atoms. The largest absolute Gasteiger partial charge is 0.352 e. The van der Waals surface area contributed by atoms with Crippen LogP contribution >= 0.6 is 0 Å². The van der Waals surface area contributed by atoms with Gasteiger partial charge in [0.1, 0.15) is 0 Å². The van der Waals surface area contributed by atoms with Gasteiger partial charge in [-0.1, -0.05) is 24.3 Å². The Kier molecular flexibility index (Phi) is 4.31. The van der Waals surface area contributed by atoms with Crippen molar-refractivity contribution < 1.29 is 4.79 Å². The van der Waals surface area contributed by atoms with E-state index in [4.69, 9.17) is 0 Å². The van der Waals surface area contributed by atoms with E-state index in [0.717, 1.165) is 31.6 Å². The van der Waals surface area contributed by atoms with Crippen molar-refractivity contribution in [1.29, 1.82) is 0 Å². The third-order valence-electron chi connectivity index (χ3n) is 3.89. The van der Waals surface area contributed by atoms with Crippen molar-refractivity contribution in [1.82, 2.24) is 20.4 Å². The molecule has 0 saturated carbocycles. The van der Waals surface area contributed by atoms with Crippen LogP contribution < -0.4 is 10.6 Å². The number of hydrogen-bond acceptors (Lipinski definition) is 3. The van der Waals surface area contributed by atoms with Crippen LogP contribution in [-0.4, -0.2) is 28.8 Å². The molecule has 1 saturated heterocycles. The van der Waals surface area contributed by atoms with Crippen molar-refractivity contribution in [2.45, 2.75) is 19.5 Å². The summed E-state index contributed by atoms with van der Waals surface area (Å²) in [6.45, 7) is 3.03. The molecule has 1 aromatic heterocycles. The van der Waals surface area contributed by atoms with E-state index in [2.05, 4.69) is 27.9 Å². The standard InChI is InChI=1S/C16H20N4O/c21-16(14-6-8-17-10-14)18-11-13-4-1-2-5-15(13)12-20-9-3-7-19-20/h1-5,7,9,14,17H,6,8,10-12H2,(H,18,21). The Labute approximate surface area is 124 Å². The molecular formula is C16H20N4O.